The maximum absolute atomic E-state index is 12.1. The Kier molecular flexibility index (Phi) is 4.70. The highest BCUT2D eigenvalue weighted by atomic mass is 79.9. The Morgan fingerprint density at radius 3 is 2.75 bits per heavy atom. The summed E-state index contributed by atoms with van der Waals surface area (Å²) in [6, 6.07) is 11.1. The fourth-order valence-electron chi connectivity index (χ4n) is 1.75. The van der Waals surface area contributed by atoms with Gasteiger partial charge in [-0.25, -0.2) is 10.8 Å². The van der Waals surface area contributed by atoms with E-state index >= 15 is 0 Å². The first-order valence-corrected chi connectivity index (χ1v) is 6.88. The molecule has 1 aromatic heterocycles. The number of amides is 1. The zero-order chi connectivity index (χ0) is 14.5. The van der Waals surface area contributed by atoms with Crippen LogP contribution in [-0.2, 0) is 0 Å². The number of hydrogen-bond donors (Lipinski definition) is 3. The predicted molar refractivity (Wildman–Crippen MR) is 82.1 cm³/mol. The average molecular weight is 335 g/mol. The van der Waals surface area contributed by atoms with E-state index in [2.05, 4.69) is 31.7 Å². The van der Waals surface area contributed by atoms with E-state index in [9.17, 15) is 4.79 Å². The maximum Gasteiger partial charge on any atom is 0.253 e. The summed E-state index contributed by atoms with van der Waals surface area (Å²) in [6.45, 7) is 1.93. The summed E-state index contributed by atoms with van der Waals surface area (Å²) in [5.41, 5.74) is 3.94. The van der Waals surface area contributed by atoms with Crippen LogP contribution < -0.4 is 16.6 Å². The molecule has 0 fully saturated rings. The molecule has 0 saturated heterocycles. The molecule has 20 heavy (non-hydrogen) atoms. The lowest BCUT2D eigenvalue weighted by Crippen LogP contribution is -2.26. The molecule has 2 rings (SSSR count). The van der Waals surface area contributed by atoms with E-state index in [0.29, 0.717) is 11.4 Å². The van der Waals surface area contributed by atoms with Crippen LogP contribution in [0.5, 0.6) is 0 Å². The molecule has 1 atom stereocenters. The van der Waals surface area contributed by atoms with Crippen molar-refractivity contribution < 1.29 is 4.79 Å². The molecule has 0 aliphatic rings. The van der Waals surface area contributed by atoms with Crippen LogP contribution >= 0.6 is 15.9 Å². The number of benzene rings is 1. The van der Waals surface area contributed by atoms with Gasteiger partial charge in [0.1, 0.15) is 5.82 Å². The van der Waals surface area contributed by atoms with Crippen LogP contribution in [0.1, 0.15) is 28.9 Å². The number of pyridine rings is 1. The topological polar surface area (TPSA) is 80.0 Å². The number of nitrogens with one attached hydrogen (secondary N) is 2. The number of rotatable bonds is 4. The van der Waals surface area contributed by atoms with E-state index < -0.39 is 0 Å². The Morgan fingerprint density at radius 2 is 2.15 bits per heavy atom. The van der Waals surface area contributed by atoms with E-state index in [1.807, 2.05) is 31.2 Å². The van der Waals surface area contributed by atoms with Crippen LogP contribution in [0.25, 0.3) is 0 Å². The fraction of sp³-hybridized carbons (Fsp3) is 0.143. The Morgan fingerprint density at radius 1 is 1.35 bits per heavy atom. The number of carbonyl (C=O) groups excluding carboxylic acids is 1. The number of anilines is 1. The van der Waals surface area contributed by atoms with Crippen molar-refractivity contribution in [1.82, 2.24) is 10.3 Å². The molecule has 0 spiro atoms. The Labute approximate surface area is 125 Å². The minimum absolute atomic E-state index is 0.0905. The summed E-state index contributed by atoms with van der Waals surface area (Å²) in [5, 5.41) is 2.93. The summed E-state index contributed by atoms with van der Waals surface area (Å²) >= 11 is 3.42. The van der Waals surface area contributed by atoms with Crippen molar-refractivity contribution in [2.75, 3.05) is 5.43 Å². The van der Waals surface area contributed by atoms with Gasteiger partial charge in [0.2, 0.25) is 0 Å². The highest BCUT2D eigenvalue weighted by Crippen LogP contribution is 2.18. The van der Waals surface area contributed by atoms with Crippen LogP contribution in [0.4, 0.5) is 5.82 Å². The molecule has 2 aromatic rings. The number of carbonyl (C=O) groups is 1. The van der Waals surface area contributed by atoms with Crippen LogP contribution in [0.2, 0.25) is 0 Å². The monoisotopic (exact) mass is 334 g/mol. The predicted octanol–water partition coefficient (Wildman–Crippen LogP) is 2.62. The second-order valence-corrected chi connectivity index (χ2v) is 5.24. The Hall–Kier alpha value is -1.92. The van der Waals surface area contributed by atoms with Crippen molar-refractivity contribution >= 4 is 27.7 Å². The largest absolute Gasteiger partial charge is 0.345 e. The number of hydrazine groups is 1. The van der Waals surface area contributed by atoms with Crippen LogP contribution in [-0.4, -0.2) is 10.9 Å². The molecule has 0 aliphatic carbocycles. The van der Waals surface area contributed by atoms with Crippen molar-refractivity contribution in [3.05, 3.63) is 58.2 Å². The quantitative estimate of drug-likeness (QED) is 0.593. The number of nitrogen functional groups attached to an aromatic ring is 1. The number of hydrogen-bond acceptors (Lipinski definition) is 4. The highest BCUT2D eigenvalue weighted by Gasteiger charge is 2.12. The first-order chi connectivity index (χ1) is 9.60. The molecule has 104 valence electrons. The Bertz CT molecular complexity index is 600. The fourth-order valence-corrected chi connectivity index (χ4v) is 2.17. The third kappa shape index (κ3) is 3.55. The van der Waals surface area contributed by atoms with Gasteiger partial charge in [0.15, 0.2) is 0 Å². The van der Waals surface area contributed by atoms with Gasteiger partial charge in [0.25, 0.3) is 5.91 Å². The van der Waals surface area contributed by atoms with Gasteiger partial charge in [0, 0.05) is 10.7 Å². The van der Waals surface area contributed by atoms with E-state index in [1.165, 1.54) is 6.20 Å². The number of halogens is 1. The zero-order valence-corrected chi connectivity index (χ0v) is 12.5. The van der Waals surface area contributed by atoms with Gasteiger partial charge in [0.05, 0.1) is 11.6 Å². The molecule has 0 aliphatic heterocycles. The minimum atomic E-state index is -0.173. The lowest BCUT2D eigenvalue weighted by atomic mass is 10.1. The van der Waals surface area contributed by atoms with Crippen molar-refractivity contribution in [1.29, 1.82) is 0 Å². The summed E-state index contributed by atoms with van der Waals surface area (Å²) < 4.78 is 0.983. The van der Waals surface area contributed by atoms with Crippen LogP contribution in [0, 0.1) is 0 Å². The van der Waals surface area contributed by atoms with E-state index in [1.54, 1.807) is 12.1 Å². The maximum atomic E-state index is 12.1. The van der Waals surface area contributed by atoms with Crippen LogP contribution in [0.3, 0.4) is 0 Å². The summed E-state index contributed by atoms with van der Waals surface area (Å²) in [4.78, 5) is 16.1. The minimum Gasteiger partial charge on any atom is -0.345 e. The van der Waals surface area contributed by atoms with Crippen molar-refractivity contribution in [3.63, 3.8) is 0 Å². The number of nitrogens with zero attached hydrogens (tertiary/aromatic N) is 1. The van der Waals surface area contributed by atoms with Gasteiger partial charge >= 0.3 is 0 Å². The number of aromatic nitrogens is 1. The molecule has 1 aromatic carbocycles. The summed E-state index contributed by atoms with van der Waals surface area (Å²) in [7, 11) is 0. The molecule has 0 bridgehead atoms. The highest BCUT2D eigenvalue weighted by molar-refractivity contribution is 9.10. The second-order valence-electron chi connectivity index (χ2n) is 4.33. The van der Waals surface area contributed by atoms with Crippen LogP contribution in [0.15, 0.2) is 47.1 Å². The van der Waals surface area contributed by atoms with Crippen molar-refractivity contribution in [2.45, 2.75) is 13.0 Å². The van der Waals surface area contributed by atoms with Gasteiger partial charge in [-0.1, -0.05) is 28.1 Å². The Balaban J connectivity index is 2.06. The van der Waals surface area contributed by atoms with E-state index in [0.717, 1.165) is 10.0 Å². The molecule has 5 nitrogen and oxygen atoms in total. The third-order valence-corrected chi connectivity index (χ3v) is 3.36. The molecular formula is C14H15BrN4O. The molecular weight excluding hydrogens is 320 g/mol. The van der Waals surface area contributed by atoms with Crippen molar-refractivity contribution in [2.24, 2.45) is 5.84 Å². The SMILES string of the molecule is CC(NC(=O)c1ccc(NN)nc1)c1cccc(Br)c1. The van der Waals surface area contributed by atoms with Gasteiger partial charge in [-0.2, -0.15) is 0 Å². The van der Waals surface area contributed by atoms with Crippen molar-refractivity contribution in [3.8, 4) is 0 Å². The smallest absolute Gasteiger partial charge is 0.253 e. The average Bonchev–Trinajstić information content (AvgIpc) is 2.47. The van der Waals surface area contributed by atoms with E-state index in [4.69, 9.17) is 5.84 Å². The van der Waals surface area contributed by atoms with Gasteiger partial charge in [-0.3, -0.25) is 4.79 Å². The molecule has 4 N–H and O–H groups in total. The summed E-state index contributed by atoms with van der Waals surface area (Å²) in [5.74, 6) is 5.57. The van der Waals surface area contributed by atoms with E-state index in [-0.39, 0.29) is 11.9 Å². The molecule has 1 unspecified atom stereocenters. The van der Waals surface area contributed by atoms with Gasteiger partial charge in [-0.05, 0) is 36.8 Å². The molecule has 1 amide bonds. The lowest BCUT2D eigenvalue weighted by Gasteiger charge is -2.14. The molecule has 6 heteroatoms. The van der Waals surface area contributed by atoms with Gasteiger partial charge < -0.3 is 10.7 Å². The zero-order valence-electron chi connectivity index (χ0n) is 10.9. The first kappa shape index (κ1) is 14.5. The number of nitrogens with two attached hydrogens (primary N) is 1. The molecule has 0 radical (unpaired) electrons. The molecule has 0 saturated carbocycles. The van der Waals surface area contributed by atoms with Gasteiger partial charge in [-0.15, -0.1) is 0 Å². The lowest BCUT2D eigenvalue weighted by molar-refractivity contribution is 0.0939. The first-order valence-electron chi connectivity index (χ1n) is 6.09. The summed E-state index contributed by atoms with van der Waals surface area (Å²) in [6.07, 6.45) is 1.48. The normalized spacial score (nSPS) is 11.8. The second kappa shape index (κ2) is 6.49. The third-order valence-electron chi connectivity index (χ3n) is 2.87. The standard InChI is InChI=1S/C14H15BrN4O/c1-9(10-3-2-4-12(15)7-10)18-14(20)11-5-6-13(19-16)17-8-11/h2-9H,16H2,1H3,(H,17,19)(H,18,20). The molecule has 1 heterocycles.